The molecule has 0 spiro atoms. The Morgan fingerprint density at radius 1 is 1.56 bits per heavy atom. The Balaban J connectivity index is 2.00. The van der Waals surface area contributed by atoms with Crippen molar-refractivity contribution in [2.45, 2.75) is 31.4 Å². The van der Waals surface area contributed by atoms with Gasteiger partial charge in [-0.15, -0.1) is 0 Å². The molecule has 1 atom stereocenters. The largest absolute Gasteiger partial charge is 0.490 e. The second kappa shape index (κ2) is 4.53. The highest BCUT2D eigenvalue weighted by Gasteiger charge is 2.23. The predicted molar refractivity (Wildman–Crippen MR) is 59.4 cm³/mol. The van der Waals surface area contributed by atoms with Crippen molar-refractivity contribution in [2.24, 2.45) is 5.73 Å². The van der Waals surface area contributed by atoms with Gasteiger partial charge in [-0.1, -0.05) is 12.1 Å². The van der Waals surface area contributed by atoms with Crippen molar-refractivity contribution in [3.8, 4) is 5.75 Å². The molecule has 4 nitrogen and oxygen atoms in total. The first-order chi connectivity index (χ1) is 7.65. The second-order valence-electron chi connectivity index (χ2n) is 4.11. The first-order valence-corrected chi connectivity index (χ1v) is 5.39. The van der Waals surface area contributed by atoms with E-state index in [2.05, 4.69) is 0 Å². The third-order valence-corrected chi connectivity index (χ3v) is 2.50. The molecule has 1 aromatic carbocycles. The van der Waals surface area contributed by atoms with Gasteiger partial charge in [-0.05, 0) is 37.0 Å². The molecule has 0 radical (unpaired) electrons. The van der Waals surface area contributed by atoms with E-state index in [9.17, 15) is 4.79 Å². The molecule has 1 aromatic rings. The summed E-state index contributed by atoms with van der Waals surface area (Å²) in [6.07, 6.45) is 2.90. The molecular weight excluding hydrogens is 206 g/mol. The van der Waals surface area contributed by atoms with Gasteiger partial charge < -0.3 is 15.6 Å². The number of ether oxygens (including phenoxy) is 1. The van der Waals surface area contributed by atoms with Crippen LogP contribution in [0.2, 0.25) is 0 Å². The molecule has 1 fully saturated rings. The van der Waals surface area contributed by atoms with E-state index < -0.39 is 12.0 Å². The highest BCUT2D eigenvalue weighted by Crippen LogP contribution is 2.27. The fourth-order valence-corrected chi connectivity index (χ4v) is 1.47. The van der Waals surface area contributed by atoms with Crippen LogP contribution in [0.4, 0.5) is 0 Å². The molecule has 4 heteroatoms. The maximum atomic E-state index is 10.6. The zero-order chi connectivity index (χ0) is 11.5. The summed E-state index contributed by atoms with van der Waals surface area (Å²) in [6.45, 7) is 0. The molecule has 1 unspecified atom stereocenters. The topological polar surface area (TPSA) is 72.5 Å². The molecule has 0 amide bonds. The molecule has 2 rings (SSSR count). The van der Waals surface area contributed by atoms with Crippen LogP contribution in [0.15, 0.2) is 24.3 Å². The molecule has 0 bridgehead atoms. The average Bonchev–Trinajstić information content (AvgIpc) is 3.02. The standard InChI is InChI=1S/C12H15NO3/c13-11(12(14)15)7-8-2-1-3-10(6-8)16-9-4-5-9/h1-3,6,9,11H,4-5,7,13H2,(H,14,15). The Morgan fingerprint density at radius 3 is 2.94 bits per heavy atom. The van der Waals surface area contributed by atoms with Gasteiger partial charge in [-0.25, -0.2) is 0 Å². The van der Waals surface area contributed by atoms with E-state index in [1.165, 1.54) is 0 Å². The minimum absolute atomic E-state index is 0.331. The fourth-order valence-electron chi connectivity index (χ4n) is 1.47. The summed E-state index contributed by atoms with van der Waals surface area (Å²) in [7, 11) is 0. The lowest BCUT2D eigenvalue weighted by atomic mass is 10.1. The van der Waals surface area contributed by atoms with Gasteiger partial charge in [0, 0.05) is 0 Å². The van der Waals surface area contributed by atoms with Crippen LogP contribution in [0.5, 0.6) is 5.75 Å². The van der Waals surface area contributed by atoms with Crippen molar-refractivity contribution in [3.63, 3.8) is 0 Å². The SMILES string of the molecule is NC(Cc1cccc(OC2CC2)c1)C(=O)O. The van der Waals surface area contributed by atoms with Gasteiger partial charge in [-0.3, -0.25) is 4.79 Å². The van der Waals surface area contributed by atoms with E-state index in [1.54, 1.807) is 0 Å². The van der Waals surface area contributed by atoms with Gasteiger partial charge in [0.2, 0.25) is 0 Å². The molecule has 1 aliphatic carbocycles. The minimum atomic E-state index is -0.978. The first kappa shape index (κ1) is 11.0. The lowest BCUT2D eigenvalue weighted by Crippen LogP contribution is -2.32. The van der Waals surface area contributed by atoms with Crippen molar-refractivity contribution < 1.29 is 14.6 Å². The lowest BCUT2D eigenvalue weighted by molar-refractivity contribution is -0.138. The normalized spacial score (nSPS) is 16.8. The van der Waals surface area contributed by atoms with E-state index >= 15 is 0 Å². The molecule has 0 aromatic heterocycles. The number of carboxylic acid groups (broad SMARTS) is 1. The number of carboxylic acids is 1. The van der Waals surface area contributed by atoms with Crippen LogP contribution in [-0.2, 0) is 11.2 Å². The summed E-state index contributed by atoms with van der Waals surface area (Å²) < 4.78 is 5.62. The number of benzene rings is 1. The Hall–Kier alpha value is -1.55. The van der Waals surface area contributed by atoms with Crippen LogP contribution >= 0.6 is 0 Å². The zero-order valence-corrected chi connectivity index (χ0v) is 8.93. The molecular formula is C12H15NO3. The molecule has 1 aliphatic rings. The summed E-state index contributed by atoms with van der Waals surface area (Å²) in [5.74, 6) is -0.175. The van der Waals surface area contributed by atoms with E-state index in [0.29, 0.717) is 12.5 Å². The van der Waals surface area contributed by atoms with Crippen LogP contribution in [0.25, 0.3) is 0 Å². The van der Waals surface area contributed by atoms with Crippen molar-refractivity contribution >= 4 is 5.97 Å². The van der Waals surface area contributed by atoms with E-state index in [1.807, 2.05) is 24.3 Å². The third kappa shape index (κ3) is 2.97. The maximum absolute atomic E-state index is 10.6. The number of nitrogens with two attached hydrogens (primary N) is 1. The number of carbonyl (C=O) groups is 1. The summed E-state index contributed by atoms with van der Waals surface area (Å²) in [5, 5.41) is 8.71. The number of aliphatic carboxylic acids is 1. The number of hydrogen-bond donors (Lipinski definition) is 2. The van der Waals surface area contributed by atoms with Crippen LogP contribution in [-0.4, -0.2) is 23.2 Å². The first-order valence-electron chi connectivity index (χ1n) is 5.39. The second-order valence-corrected chi connectivity index (χ2v) is 4.11. The van der Waals surface area contributed by atoms with Gasteiger partial charge >= 0.3 is 5.97 Å². The summed E-state index contributed by atoms with van der Waals surface area (Å²) >= 11 is 0. The minimum Gasteiger partial charge on any atom is -0.490 e. The lowest BCUT2D eigenvalue weighted by Gasteiger charge is -2.09. The number of rotatable bonds is 5. The summed E-state index contributed by atoms with van der Waals surface area (Å²) in [5.41, 5.74) is 6.37. The Bertz CT molecular complexity index is 388. The van der Waals surface area contributed by atoms with Crippen LogP contribution in [0.3, 0.4) is 0 Å². The van der Waals surface area contributed by atoms with Crippen molar-refractivity contribution in [3.05, 3.63) is 29.8 Å². The van der Waals surface area contributed by atoms with E-state index in [0.717, 1.165) is 24.2 Å². The fraction of sp³-hybridized carbons (Fsp3) is 0.417. The van der Waals surface area contributed by atoms with Crippen molar-refractivity contribution in [2.75, 3.05) is 0 Å². The van der Waals surface area contributed by atoms with Gasteiger partial charge in [0.05, 0.1) is 6.10 Å². The van der Waals surface area contributed by atoms with Crippen LogP contribution in [0, 0.1) is 0 Å². The van der Waals surface area contributed by atoms with E-state index in [-0.39, 0.29) is 0 Å². The van der Waals surface area contributed by atoms with Crippen LogP contribution < -0.4 is 10.5 Å². The molecule has 0 heterocycles. The van der Waals surface area contributed by atoms with Crippen molar-refractivity contribution in [1.82, 2.24) is 0 Å². The third-order valence-electron chi connectivity index (χ3n) is 2.50. The van der Waals surface area contributed by atoms with Gasteiger partial charge in [0.15, 0.2) is 0 Å². The van der Waals surface area contributed by atoms with Crippen LogP contribution in [0.1, 0.15) is 18.4 Å². The highest BCUT2D eigenvalue weighted by atomic mass is 16.5. The van der Waals surface area contributed by atoms with Gasteiger partial charge in [0.1, 0.15) is 11.8 Å². The molecule has 16 heavy (non-hydrogen) atoms. The summed E-state index contributed by atoms with van der Waals surface area (Å²) in [4.78, 5) is 10.6. The maximum Gasteiger partial charge on any atom is 0.320 e. The molecule has 0 aliphatic heterocycles. The monoisotopic (exact) mass is 221 g/mol. The molecule has 0 saturated heterocycles. The average molecular weight is 221 g/mol. The van der Waals surface area contributed by atoms with E-state index in [4.69, 9.17) is 15.6 Å². The summed E-state index contributed by atoms with van der Waals surface area (Å²) in [6, 6.07) is 6.62. The smallest absolute Gasteiger partial charge is 0.320 e. The molecule has 86 valence electrons. The Kier molecular flexibility index (Phi) is 3.10. The van der Waals surface area contributed by atoms with Gasteiger partial charge in [-0.2, -0.15) is 0 Å². The van der Waals surface area contributed by atoms with Crippen molar-refractivity contribution in [1.29, 1.82) is 0 Å². The highest BCUT2D eigenvalue weighted by molar-refractivity contribution is 5.73. The Morgan fingerprint density at radius 2 is 2.31 bits per heavy atom. The predicted octanol–water partition coefficient (Wildman–Crippen LogP) is 1.18. The molecule has 1 saturated carbocycles. The quantitative estimate of drug-likeness (QED) is 0.783. The Labute approximate surface area is 94.0 Å². The molecule has 3 N–H and O–H groups in total. The van der Waals surface area contributed by atoms with Gasteiger partial charge in [0.25, 0.3) is 0 Å². The number of hydrogen-bond acceptors (Lipinski definition) is 3. The zero-order valence-electron chi connectivity index (χ0n) is 8.93.